The van der Waals surface area contributed by atoms with Crippen molar-refractivity contribution < 1.29 is 35.1 Å². The van der Waals surface area contributed by atoms with E-state index >= 15 is 0 Å². The van der Waals surface area contributed by atoms with E-state index in [9.17, 15) is 4.79 Å². The SMILES string of the molecule is CCOC(=O)C1=C[C@@H](OC(CC)CC)[C@H](C)[C@@H](N)C1.O=[P+]([O-])OO.[HH]. The topological polar surface area (TPSA) is 131 Å². The summed E-state index contributed by atoms with van der Waals surface area (Å²) in [5.41, 5.74) is 6.78. The van der Waals surface area contributed by atoms with Crippen LogP contribution in [-0.4, -0.2) is 36.1 Å². The van der Waals surface area contributed by atoms with E-state index in [-0.39, 0.29) is 31.6 Å². The number of esters is 1. The molecule has 0 aromatic heterocycles. The van der Waals surface area contributed by atoms with E-state index in [2.05, 4.69) is 25.4 Å². The lowest BCUT2D eigenvalue weighted by molar-refractivity contribution is -0.244. The Morgan fingerprint density at radius 3 is 2.46 bits per heavy atom. The van der Waals surface area contributed by atoms with Crippen molar-refractivity contribution in [2.75, 3.05) is 6.61 Å². The van der Waals surface area contributed by atoms with Gasteiger partial charge in [0, 0.05) is 23.6 Å². The van der Waals surface area contributed by atoms with Gasteiger partial charge in [0.25, 0.3) is 0 Å². The van der Waals surface area contributed by atoms with E-state index in [0.29, 0.717) is 18.6 Å². The zero-order valence-corrected chi connectivity index (χ0v) is 15.5. The van der Waals surface area contributed by atoms with Crippen LogP contribution in [0.5, 0.6) is 0 Å². The van der Waals surface area contributed by atoms with Crippen LogP contribution in [0, 0.1) is 5.92 Å². The second kappa shape index (κ2) is 12.5. The molecule has 1 aliphatic carbocycles. The van der Waals surface area contributed by atoms with Crippen LogP contribution in [0.25, 0.3) is 0 Å². The van der Waals surface area contributed by atoms with Crippen molar-refractivity contribution in [1.82, 2.24) is 0 Å². The molecule has 0 spiro atoms. The Morgan fingerprint density at radius 1 is 1.50 bits per heavy atom. The summed E-state index contributed by atoms with van der Waals surface area (Å²) in [6, 6.07) is -0.0521. The molecule has 4 atom stereocenters. The summed E-state index contributed by atoms with van der Waals surface area (Å²) in [4.78, 5) is 20.8. The number of carbonyl (C=O) groups is 1. The first-order valence-electron chi connectivity index (χ1n) is 8.05. The lowest BCUT2D eigenvalue weighted by atomic mass is 9.84. The number of carbonyl (C=O) groups excluding carboxylic acids is 1. The fourth-order valence-electron chi connectivity index (χ4n) is 2.34. The van der Waals surface area contributed by atoms with E-state index in [1.165, 1.54) is 0 Å². The van der Waals surface area contributed by atoms with Gasteiger partial charge in [-0.2, -0.15) is 0 Å². The summed E-state index contributed by atoms with van der Waals surface area (Å²) in [7, 11) is -3.04. The molecular formula is C15H30NO7P. The highest BCUT2D eigenvalue weighted by molar-refractivity contribution is 7.30. The van der Waals surface area contributed by atoms with Gasteiger partial charge in [0.2, 0.25) is 0 Å². The third kappa shape index (κ3) is 8.28. The second-order valence-electron chi connectivity index (χ2n) is 5.48. The molecule has 0 saturated carbocycles. The summed E-state index contributed by atoms with van der Waals surface area (Å²) in [5.74, 6) is -0.0400. The highest BCUT2D eigenvalue weighted by Gasteiger charge is 2.32. The first kappa shape index (κ1) is 23.1. The third-order valence-electron chi connectivity index (χ3n) is 3.88. The fraction of sp³-hybridized carbons (Fsp3) is 0.800. The molecule has 142 valence electrons. The molecule has 0 radical (unpaired) electrons. The van der Waals surface area contributed by atoms with Gasteiger partial charge in [-0.3, -0.25) is 0 Å². The largest absolute Gasteiger partial charge is 0.565 e. The molecule has 0 amide bonds. The monoisotopic (exact) mass is 367 g/mol. The molecule has 1 aliphatic rings. The maximum absolute atomic E-state index is 11.8. The van der Waals surface area contributed by atoms with Crippen LogP contribution in [0.3, 0.4) is 0 Å². The highest BCUT2D eigenvalue weighted by atomic mass is 31.1. The zero-order valence-electron chi connectivity index (χ0n) is 14.6. The Labute approximate surface area is 145 Å². The van der Waals surface area contributed by atoms with Crippen LogP contribution >= 0.6 is 8.25 Å². The van der Waals surface area contributed by atoms with Gasteiger partial charge in [0.15, 0.2) is 0 Å². The molecule has 0 heterocycles. The molecule has 8 nitrogen and oxygen atoms in total. The maximum Gasteiger partial charge on any atom is 0.521 e. The van der Waals surface area contributed by atoms with E-state index < -0.39 is 8.25 Å². The van der Waals surface area contributed by atoms with Crippen LogP contribution in [-0.2, 0) is 23.5 Å². The van der Waals surface area contributed by atoms with Gasteiger partial charge in [0.05, 0.1) is 18.8 Å². The van der Waals surface area contributed by atoms with Gasteiger partial charge in [-0.15, -0.1) is 0 Å². The highest BCUT2D eigenvalue weighted by Crippen LogP contribution is 2.27. The van der Waals surface area contributed by atoms with E-state index in [1.54, 1.807) is 0 Å². The molecular weight excluding hydrogens is 337 g/mol. The average molecular weight is 367 g/mol. The molecule has 0 aliphatic heterocycles. The van der Waals surface area contributed by atoms with Crippen LogP contribution in [0.1, 0.15) is 48.4 Å². The minimum atomic E-state index is -3.04. The third-order valence-corrected chi connectivity index (χ3v) is 4.01. The molecule has 24 heavy (non-hydrogen) atoms. The normalized spacial score (nSPS) is 23.9. The first-order valence-corrected chi connectivity index (χ1v) is 9.14. The average Bonchev–Trinajstić information content (AvgIpc) is 2.56. The molecule has 1 rings (SSSR count). The van der Waals surface area contributed by atoms with Crippen LogP contribution in [0.15, 0.2) is 11.6 Å². The van der Waals surface area contributed by atoms with Crippen molar-refractivity contribution in [2.45, 2.75) is 65.2 Å². The number of hydrogen-bond acceptors (Lipinski definition) is 8. The predicted octanol–water partition coefficient (Wildman–Crippen LogP) is 2.16. The molecule has 0 bridgehead atoms. The summed E-state index contributed by atoms with van der Waals surface area (Å²) >= 11 is 0. The maximum atomic E-state index is 11.8. The van der Waals surface area contributed by atoms with Gasteiger partial charge in [0.1, 0.15) is 0 Å². The Hall–Kier alpha value is -0.890. The number of ether oxygens (including phenoxy) is 2. The Morgan fingerprint density at radius 2 is 2.04 bits per heavy atom. The molecule has 0 aromatic carbocycles. The zero-order chi connectivity index (χ0) is 18.7. The lowest BCUT2D eigenvalue weighted by Crippen LogP contribution is -2.42. The fourth-order valence-corrected chi connectivity index (χ4v) is 2.34. The van der Waals surface area contributed by atoms with Crippen LogP contribution in [0.2, 0.25) is 0 Å². The van der Waals surface area contributed by atoms with Gasteiger partial charge in [-0.25, -0.2) is 10.1 Å². The minimum absolute atomic E-state index is 0. The van der Waals surface area contributed by atoms with Crippen LogP contribution < -0.4 is 10.6 Å². The quantitative estimate of drug-likeness (QED) is 0.303. The van der Waals surface area contributed by atoms with Crippen molar-refractivity contribution in [3.8, 4) is 0 Å². The van der Waals surface area contributed by atoms with E-state index in [4.69, 9.17) is 29.9 Å². The molecule has 0 saturated heterocycles. The first-order chi connectivity index (χ1) is 11.3. The van der Waals surface area contributed by atoms with Gasteiger partial charge in [-0.05, 0) is 36.8 Å². The number of rotatable bonds is 7. The van der Waals surface area contributed by atoms with Gasteiger partial charge in [-0.1, -0.05) is 20.8 Å². The van der Waals surface area contributed by atoms with Crippen molar-refractivity contribution in [1.29, 1.82) is 0 Å². The van der Waals surface area contributed by atoms with E-state index in [0.717, 1.165) is 12.8 Å². The summed E-state index contributed by atoms with van der Waals surface area (Å²) < 4.78 is 22.8. The summed E-state index contributed by atoms with van der Waals surface area (Å²) in [5, 5.41) is 7.05. The lowest BCUT2D eigenvalue weighted by Gasteiger charge is -2.34. The smallest absolute Gasteiger partial charge is 0.521 e. The van der Waals surface area contributed by atoms with Crippen molar-refractivity contribution in [2.24, 2.45) is 11.7 Å². The van der Waals surface area contributed by atoms with E-state index in [1.807, 2.05) is 13.0 Å². The molecule has 9 heteroatoms. The van der Waals surface area contributed by atoms with Crippen molar-refractivity contribution >= 4 is 14.2 Å². The van der Waals surface area contributed by atoms with Crippen molar-refractivity contribution in [3.05, 3.63) is 11.6 Å². The molecule has 0 aromatic rings. The molecule has 1 unspecified atom stereocenters. The molecule has 3 N–H and O–H groups in total. The standard InChI is InChI=1S/C15H27NO3.HO4P.H2/c1-5-12(6-2)19-14-9-11(15(17)18-7-3)8-13(16)10(14)4;1-4-5(2)3;/h9-10,12-14H,5-8,16H2,1-4H3;1H;1H/t10-,13+,14-;;/m1../s1. The van der Waals surface area contributed by atoms with Gasteiger partial charge >= 0.3 is 14.2 Å². The number of hydrogen-bond donors (Lipinski definition) is 2. The molecule has 0 fully saturated rings. The Kier molecular flexibility index (Phi) is 12.0. The summed E-state index contributed by atoms with van der Waals surface area (Å²) in [6.07, 6.45) is 4.55. The second-order valence-corrected chi connectivity index (χ2v) is 6.09. The van der Waals surface area contributed by atoms with Crippen LogP contribution in [0.4, 0.5) is 0 Å². The Balaban J connectivity index is 0. The Bertz CT molecular complexity index is 432. The minimum Gasteiger partial charge on any atom is -0.565 e. The summed E-state index contributed by atoms with van der Waals surface area (Å²) in [6.45, 7) is 8.49. The van der Waals surface area contributed by atoms with Gasteiger partial charge < -0.3 is 20.1 Å². The predicted molar refractivity (Wildman–Crippen MR) is 89.1 cm³/mol. The number of nitrogens with two attached hydrogens (primary N) is 1. The van der Waals surface area contributed by atoms with Crippen molar-refractivity contribution in [3.63, 3.8) is 0 Å².